The van der Waals surface area contributed by atoms with Crippen LogP contribution in [0.25, 0.3) is 0 Å². The first-order valence-corrected chi connectivity index (χ1v) is 7.55. The highest BCUT2D eigenvalue weighted by molar-refractivity contribution is 5.45. The van der Waals surface area contributed by atoms with Crippen molar-refractivity contribution < 1.29 is 0 Å². The minimum absolute atomic E-state index is 0.695. The second kappa shape index (κ2) is 6.38. The molecule has 1 fully saturated rings. The van der Waals surface area contributed by atoms with E-state index in [1.54, 1.807) is 0 Å². The molecular weight excluding hydrogens is 234 g/mol. The normalized spacial score (nSPS) is 15.0. The molecule has 1 aliphatic rings. The summed E-state index contributed by atoms with van der Waals surface area (Å²) >= 11 is 0. The van der Waals surface area contributed by atoms with Crippen LogP contribution in [-0.4, -0.2) is 24.1 Å². The third-order valence-corrected chi connectivity index (χ3v) is 3.50. The zero-order chi connectivity index (χ0) is 13.8. The molecule has 0 unspecified atom stereocenters. The Morgan fingerprint density at radius 3 is 2.68 bits per heavy atom. The predicted octanol–water partition coefficient (Wildman–Crippen LogP) is 3.12. The van der Waals surface area contributed by atoms with Gasteiger partial charge in [-0.05, 0) is 56.8 Å². The quantitative estimate of drug-likeness (QED) is 0.817. The highest BCUT2D eigenvalue weighted by Gasteiger charge is 2.28. The highest BCUT2D eigenvalue weighted by atomic mass is 15.2. The van der Waals surface area contributed by atoms with Crippen molar-refractivity contribution in [3.63, 3.8) is 0 Å². The van der Waals surface area contributed by atoms with Gasteiger partial charge in [-0.15, -0.1) is 0 Å². The molecule has 0 bridgehead atoms. The summed E-state index contributed by atoms with van der Waals surface area (Å²) in [5.74, 6) is 1.85. The van der Waals surface area contributed by atoms with Crippen molar-refractivity contribution in [2.45, 2.75) is 53.1 Å². The van der Waals surface area contributed by atoms with E-state index < -0.39 is 0 Å². The van der Waals surface area contributed by atoms with Gasteiger partial charge < -0.3 is 10.2 Å². The summed E-state index contributed by atoms with van der Waals surface area (Å²) < 4.78 is 0. The van der Waals surface area contributed by atoms with Crippen molar-refractivity contribution in [3.8, 4) is 0 Å². The fourth-order valence-electron chi connectivity index (χ4n) is 2.47. The smallest absolute Gasteiger partial charge is 0.129 e. The SMILES string of the molecule is CCN(c1cc(CNCC(C)C)cc(C)n1)C1CC1. The number of aromatic nitrogens is 1. The van der Waals surface area contributed by atoms with Crippen molar-refractivity contribution in [1.29, 1.82) is 0 Å². The van der Waals surface area contributed by atoms with Crippen molar-refractivity contribution in [2.75, 3.05) is 18.0 Å². The average Bonchev–Trinajstić information content (AvgIpc) is 3.13. The molecule has 0 saturated heterocycles. The number of rotatable bonds is 7. The predicted molar refractivity (Wildman–Crippen MR) is 81.6 cm³/mol. The van der Waals surface area contributed by atoms with Crippen LogP contribution in [0.4, 0.5) is 5.82 Å². The third kappa shape index (κ3) is 4.20. The van der Waals surface area contributed by atoms with Gasteiger partial charge in [0.25, 0.3) is 0 Å². The molecule has 106 valence electrons. The number of aryl methyl sites for hydroxylation is 1. The Balaban J connectivity index is 2.05. The Kier molecular flexibility index (Phi) is 4.81. The third-order valence-electron chi connectivity index (χ3n) is 3.50. The van der Waals surface area contributed by atoms with E-state index in [0.29, 0.717) is 5.92 Å². The van der Waals surface area contributed by atoms with Gasteiger partial charge in [-0.2, -0.15) is 0 Å². The van der Waals surface area contributed by atoms with Crippen molar-refractivity contribution in [1.82, 2.24) is 10.3 Å². The number of hydrogen-bond acceptors (Lipinski definition) is 3. The molecule has 3 nitrogen and oxygen atoms in total. The fraction of sp³-hybridized carbons (Fsp3) is 0.688. The van der Waals surface area contributed by atoms with Crippen LogP contribution in [0.3, 0.4) is 0 Å². The van der Waals surface area contributed by atoms with Crippen LogP contribution in [0, 0.1) is 12.8 Å². The van der Waals surface area contributed by atoms with E-state index in [2.05, 4.69) is 50.0 Å². The zero-order valence-electron chi connectivity index (χ0n) is 12.7. The Morgan fingerprint density at radius 2 is 2.11 bits per heavy atom. The van der Waals surface area contributed by atoms with Crippen LogP contribution in [0.1, 0.15) is 44.9 Å². The van der Waals surface area contributed by atoms with E-state index >= 15 is 0 Å². The van der Waals surface area contributed by atoms with Gasteiger partial charge in [0.05, 0.1) is 0 Å². The van der Waals surface area contributed by atoms with Gasteiger partial charge in [0.1, 0.15) is 5.82 Å². The summed E-state index contributed by atoms with van der Waals surface area (Å²) in [4.78, 5) is 7.15. The number of hydrogen-bond donors (Lipinski definition) is 1. The second-order valence-electron chi connectivity index (χ2n) is 6.02. The first-order valence-electron chi connectivity index (χ1n) is 7.55. The second-order valence-corrected chi connectivity index (χ2v) is 6.02. The molecule has 0 aromatic carbocycles. The number of nitrogens with one attached hydrogen (secondary N) is 1. The van der Waals surface area contributed by atoms with Crippen LogP contribution in [0.2, 0.25) is 0 Å². The molecule has 1 N–H and O–H groups in total. The topological polar surface area (TPSA) is 28.2 Å². The minimum Gasteiger partial charge on any atom is -0.354 e. The van der Waals surface area contributed by atoms with Crippen LogP contribution >= 0.6 is 0 Å². The average molecular weight is 261 g/mol. The minimum atomic E-state index is 0.695. The molecule has 0 atom stereocenters. The Labute approximate surface area is 117 Å². The van der Waals surface area contributed by atoms with Gasteiger partial charge in [0.2, 0.25) is 0 Å². The lowest BCUT2D eigenvalue weighted by molar-refractivity contribution is 0.552. The molecular formula is C16H27N3. The van der Waals surface area contributed by atoms with Crippen molar-refractivity contribution in [2.24, 2.45) is 5.92 Å². The van der Waals surface area contributed by atoms with E-state index in [0.717, 1.165) is 37.2 Å². The Morgan fingerprint density at radius 1 is 1.37 bits per heavy atom. The molecule has 1 heterocycles. The fourth-order valence-corrected chi connectivity index (χ4v) is 2.47. The van der Waals surface area contributed by atoms with Crippen LogP contribution in [-0.2, 0) is 6.54 Å². The van der Waals surface area contributed by atoms with Crippen LogP contribution in [0.5, 0.6) is 0 Å². The number of anilines is 1. The summed E-state index contributed by atoms with van der Waals surface area (Å²) in [6, 6.07) is 5.18. The lowest BCUT2D eigenvalue weighted by Gasteiger charge is -2.22. The van der Waals surface area contributed by atoms with E-state index in [1.165, 1.54) is 18.4 Å². The Bertz CT molecular complexity index is 410. The standard InChI is InChI=1S/C16H27N3/c1-5-19(15-6-7-15)16-9-14(8-13(4)18-16)11-17-10-12(2)3/h8-9,12,15,17H,5-7,10-11H2,1-4H3. The molecule has 19 heavy (non-hydrogen) atoms. The van der Waals surface area contributed by atoms with E-state index in [1.807, 2.05) is 0 Å². The van der Waals surface area contributed by atoms with E-state index in [9.17, 15) is 0 Å². The highest BCUT2D eigenvalue weighted by Crippen LogP contribution is 2.30. The summed E-state index contributed by atoms with van der Waals surface area (Å²) in [5.41, 5.74) is 2.47. The van der Waals surface area contributed by atoms with Crippen LogP contribution in [0.15, 0.2) is 12.1 Å². The monoisotopic (exact) mass is 261 g/mol. The van der Waals surface area contributed by atoms with Crippen LogP contribution < -0.4 is 10.2 Å². The Hall–Kier alpha value is -1.09. The molecule has 1 aromatic heterocycles. The van der Waals surface area contributed by atoms with Gasteiger partial charge in [-0.25, -0.2) is 4.98 Å². The maximum Gasteiger partial charge on any atom is 0.129 e. The summed E-state index contributed by atoms with van der Waals surface area (Å²) in [5, 5.41) is 3.51. The molecule has 1 aliphatic carbocycles. The van der Waals surface area contributed by atoms with Crippen molar-refractivity contribution in [3.05, 3.63) is 23.4 Å². The van der Waals surface area contributed by atoms with Gasteiger partial charge in [0.15, 0.2) is 0 Å². The summed E-state index contributed by atoms with van der Waals surface area (Å²) in [7, 11) is 0. The largest absolute Gasteiger partial charge is 0.354 e. The lowest BCUT2D eigenvalue weighted by Crippen LogP contribution is -2.26. The number of nitrogens with zero attached hydrogens (tertiary/aromatic N) is 2. The van der Waals surface area contributed by atoms with E-state index in [4.69, 9.17) is 4.98 Å². The van der Waals surface area contributed by atoms with Crippen molar-refractivity contribution >= 4 is 5.82 Å². The first kappa shape index (κ1) is 14.3. The maximum atomic E-state index is 4.71. The van der Waals surface area contributed by atoms with Gasteiger partial charge >= 0.3 is 0 Å². The summed E-state index contributed by atoms with van der Waals surface area (Å²) in [6.45, 7) is 11.9. The molecule has 3 heteroatoms. The number of pyridine rings is 1. The van der Waals surface area contributed by atoms with E-state index in [-0.39, 0.29) is 0 Å². The molecule has 0 amide bonds. The first-order chi connectivity index (χ1) is 9.10. The molecule has 2 rings (SSSR count). The van der Waals surface area contributed by atoms with Gasteiger partial charge in [0, 0.05) is 24.8 Å². The lowest BCUT2D eigenvalue weighted by atomic mass is 10.2. The summed E-state index contributed by atoms with van der Waals surface area (Å²) in [6.07, 6.45) is 2.65. The molecule has 1 aromatic rings. The molecule has 0 radical (unpaired) electrons. The van der Waals surface area contributed by atoms with Gasteiger partial charge in [-0.1, -0.05) is 13.8 Å². The van der Waals surface area contributed by atoms with Gasteiger partial charge in [-0.3, -0.25) is 0 Å². The molecule has 0 spiro atoms. The molecule has 1 saturated carbocycles. The maximum absolute atomic E-state index is 4.71. The molecule has 0 aliphatic heterocycles. The zero-order valence-corrected chi connectivity index (χ0v) is 12.7.